The van der Waals surface area contributed by atoms with Crippen LogP contribution in [0.3, 0.4) is 0 Å². The smallest absolute Gasteiger partial charge is 0.433 e. The molecule has 0 radical (unpaired) electrons. The summed E-state index contributed by atoms with van der Waals surface area (Å²) in [4.78, 5) is 16.3. The molecule has 1 N–H and O–H groups in total. The zero-order valence-corrected chi connectivity index (χ0v) is 14.7. The topological polar surface area (TPSA) is 65.0 Å². The maximum atomic E-state index is 12.7. The minimum absolute atomic E-state index is 0.242. The molecule has 1 amide bonds. The lowest BCUT2D eigenvalue weighted by atomic mass is 10.2. The number of benzene rings is 1. The van der Waals surface area contributed by atoms with Gasteiger partial charge in [-0.2, -0.15) is 13.2 Å². The van der Waals surface area contributed by atoms with Crippen molar-refractivity contribution >= 4 is 22.9 Å². The Morgan fingerprint density at radius 3 is 2.28 bits per heavy atom. The zero-order chi connectivity index (χ0) is 18.8. The van der Waals surface area contributed by atoms with E-state index in [1.54, 1.807) is 24.3 Å². The third-order valence-electron chi connectivity index (χ3n) is 3.53. The Hall–Kier alpha value is -2.06. The monoisotopic (exact) mass is 370 g/mol. The summed E-state index contributed by atoms with van der Waals surface area (Å²) in [6.07, 6.45) is -4.61. The Kier molecular flexibility index (Phi) is 5.43. The summed E-state index contributed by atoms with van der Waals surface area (Å²) in [5.41, 5.74) is -0.126. The average molecular weight is 370 g/mol. The van der Waals surface area contributed by atoms with Gasteiger partial charge in [0.1, 0.15) is 11.5 Å². The van der Waals surface area contributed by atoms with Crippen molar-refractivity contribution in [2.75, 3.05) is 5.32 Å². The van der Waals surface area contributed by atoms with Crippen LogP contribution < -0.4 is 5.32 Å². The molecule has 2 rings (SSSR count). The van der Waals surface area contributed by atoms with Crippen molar-refractivity contribution in [3.8, 4) is 0 Å². The van der Waals surface area contributed by atoms with E-state index >= 15 is 0 Å². The van der Waals surface area contributed by atoms with Crippen LogP contribution in [-0.2, 0) is 22.1 Å². The van der Waals surface area contributed by atoms with Gasteiger partial charge in [-0.1, -0.05) is 23.8 Å². The van der Waals surface area contributed by atoms with Crippen LogP contribution in [0.5, 0.6) is 0 Å². The second-order valence-corrected chi connectivity index (χ2v) is 7.98. The molecule has 0 saturated heterocycles. The van der Waals surface area contributed by atoms with Crippen LogP contribution in [0.2, 0.25) is 0 Å². The molecule has 1 heterocycles. The van der Waals surface area contributed by atoms with E-state index in [1.807, 2.05) is 6.92 Å². The lowest BCUT2D eigenvalue weighted by Gasteiger charge is -2.27. The Labute approximate surface area is 146 Å². The number of alkyl halides is 3. The van der Waals surface area contributed by atoms with Crippen molar-refractivity contribution in [2.45, 2.75) is 36.6 Å². The van der Waals surface area contributed by atoms with Crippen LogP contribution >= 0.6 is 0 Å². The van der Waals surface area contributed by atoms with E-state index in [0.717, 1.165) is 17.7 Å². The van der Waals surface area contributed by atoms with Gasteiger partial charge in [0.25, 0.3) is 5.91 Å². The Morgan fingerprint density at radius 2 is 1.72 bits per heavy atom. The van der Waals surface area contributed by atoms with Gasteiger partial charge in [0, 0.05) is 11.2 Å². The van der Waals surface area contributed by atoms with E-state index < -0.39 is 33.7 Å². The molecule has 4 nitrogen and oxygen atoms in total. The average Bonchev–Trinajstić information content (AvgIpc) is 2.54. The van der Waals surface area contributed by atoms with Gasteiger partial charge in [-0.25, -0.2) is 4.98 Å². The molecule has 0 saturated carbocycles. The van der Waals surface area contributed by atoms with Crippen molar-refractivity contribution in [1.82, 2.24) is 4.98 Å². The first kappa shape index (κ1) is 19.3. The summed E-state index contributed by atoms with van der Waals surface area (Å²) in [5, 5.41) is 2.31. The van der Waals surface area contributed by atoms with Gasteiger partial charge >= 0.3 is 6.18 Å². The molecule has 0 fully saturated rings. The summed E-state index contributed by atoms with van der Waals surface area (Å²) in [6, 6.07) is 10.1. The summed E-state index contributed by atoms with van der Waals surface area (Å²) in [7, 11) is 0. The van der Waals surface area contributed by atoms with Gasteiger partial charge in [-0.15, -0.1) is 0 Å². The quantitative estimate of drug-likeness (QED) is 0.830. The standard InChI is InChI=1S/C17H17F3N2O2S/c1-11-7-9-12(10-8-11)25(24)16(2,3)15(23)22-14-6-4-5-13(21-14)17(18,19)20/h4-10H,1-3H3,(H,21,22,23). The number of carbonyl (C=O) groups excluding carboxylic acids is 1. The molecule has 2 aromatic rings. The second kappa shape index (κ2) is 7.05. The summed E-state index contributed by atoms with van der Waals surface area (Å²) in [6.45, 7) is 4.81. The number of anilines is 1. The van der Waals surface area contributed by atoms with Crippen molar-refractivity contribution < 1.29 is 22.5 Å². The molecule has 0 aliphatic heterocycles. The minimum Gasteiger partial charge on any atom is -0.611 e. The van der Waals surface area contributed by atoms with E-state index in [-0.39, 0.29) is 5.82 Å². The van der Waals surface area contributed by atoms with Crippen LogP contribution in [-0.4, -0.2) is 20.2 Å². The van der Waals surface area contributed by atoms with Crippen LogP contribution in [0, 0.1) is 6.92 Å². The molecule has 25 heavy (non-hydrogen) atoms. The van der Waals surface area contributed by atoms with Crippen LogP contribution in [0.15, 0.2) is 47.4 Å². The van der Waals surface area contributed by atoms with E-state index in [4.69, 9.17) is 0 Å². The van der Waals surface area contributed by atoms with E-state index in [2.05, 4.69) is 10.3 Å². The largest absolute Gasteiger partial charge is 0.611 e. The molecule has 0 bridgehead atoms. The first-order valence-electron chi connectivity index (χ1n) is 7.36. The Morgan fingerprint density at radius 1 is 1.12 bits per heavy atom. The number of halogens is 3. The fourth-order valence-corrected chi connectivity index (χ4v) is 3.16. The number of nitrogens with zero attached hydrogens (tertiary/aromatic N) is 1. The second-order valence-electron chi connectivity index (χ2n) is 5.95. The number of pyridine rings is 1. The SMILES string of the molecule is Cc1ccc([S+]([O-])C(C)(C)C(=O)Nc2cccc(C(F)(F)F)n2)cc1. The number of hydrogen-bond acceptors (Lipinski definition) is 3. The molecular formula is C17H17F3N2O2S. The molecule has 1 atom stereocenters. The minimum atomic E-state index is -4.61. The number of carbonyl (C=O) groups is 1. The number of hydrogen-bond donors (Lipinski definition) is 1. The molecule has 8 heteroatoms. The van der Waals surface area contributed by atoms with Gasteiger partial charge < -0.3 is 9.87 Å². The molecule has 0 aliphatic carbocycles. The van der Waals surface area contributed by atoms with Crippen LogP contribution in [0.1, 0.15) is 25.1 Å². The van der Waals surface area contributed by atoms with Gasteiger partial charge in [-0.05, 0) is 45.0 Å². The van der Waals surface area contributed by atoms with E-state index in [9.17, 15) is 22.5 Å². The predicted octanol–water partition coefficient (Wildman–Crippen LogP) is 3.93. The first-order chi connectivity index (χ1) is 11.5. The number of rotatable bonds is 4. The van der Waals surface area contributed by atoms with Crippen molar-refractivity contribution in [2.24, 2.45) is 0 Å². The molecular weight excluding hydrogens is 353 g/mol. The summed E-state index contributed by atoms with van der Waals surface area (Å²) < 4.78 is 49.4. The highest BCUT2D eigenvalue weighted by Gasteiger charge is 2.42. The number of amides is 1. The molecule has 134 valence electrons. The van der Waals surface area contributed by atoms with Crippen molar-refractivity contribution in [1.29, 1.82) is 0 Å². The zero-order valence-electron chi connectivity index (χ0n) is 13.8. The van der Waals surface area contributed by atoms with Gasteiger partial charge in [0.05, 0.1) is 0 Å². The fourth-order valence-electron chi connectivity index (χ4n) is 1.97. The summed E-state index contributed by atoms with van der Waals surface area (Å²) in [5.74, 6) is -0.924. The molecule has 1 aromatic carbocycles. The maximum absolute atomic E-state index is 12.7. The molecule has 1 unspecified atom stereocenters. The molecule has 1 aromatic heterocycles. The van der Waals surface area contributed by atoms with Gasteiger partial charge in [-0.3, -0.25) is 4.79 Å². The summed E-state index contributed by atoms with van der Waals surface area (Å²) >= 11 is -1.69. The van der Waals surface area contributed by atoms with Crippen LogP contribution in [0.4, 0.5) is 19.0 Å². The fraction of sp³-hybridized carbons (Fsp3) is 0.294. The number of nitrogens with one attached hydrogen (secondary N) is 1. The lowest BCUT2D eigenvalue weighted by molar-refractivity contribution is -0.141. The third-order valence-corrected chi connectivity index (χ3v) is 5.34. The van der Waals surface area contributed by atoms with Gasteiger partial charge in [0.15, 0.2) is 4.90 Å². The van der Waals surface area contributed by atoms with E-state index in [0.29, 0.717) is 4.90 Å². The van der Waals surface area contributed by atoms with Crippen molar-refractivity contribution in [3.63, 3.8) is 0 Å². The van der Waals surface area contributed by atoms with Crippen molar-refractivity contribution in [3.05, 3.63) is 53.7 Å². The third kappa shape index (κ3) is 4.52. The highest BCUT2D eigenvalue weighted by Crippen LogP contribution is 2.29. The molecule has 0 aliphatic rings. The number of aryl methyl sites for hydroxylation is 1. The van der Waals surface area contributed by atoms with E-state index in [1.165, 1.54) is 19.9 Å². The molecule has 0 spiro atoms. The highest BCUT2D eigenvalue weighted by molar-refractivity contribution is 7.93. The van der Waals surface area contributed by atoms with Crippen LogP contribution in [0.25, 0.3) is 0 Å². The Balaban J connectivity index is 2.20. The van der Waals surface area contributed by atoms with Gasteiger partial charge in [0.2, 0.25) is 4.75 Å². The Bertz CT molecular complexity index is 761. The highest BCUT2D eigenvalue weighted by atomic mass is 32.2. The normalized spacial score (nSPS) is 13.4. The number of aromatic nitrogens is 1. The maximum Gasteiger partial charge on any atom is 0.433 e. The first-order valence-corrected chi connectivity index (χ1v) is 8.51. The lowest BCUT2D eigenvalue weighted by Crippen LogP contribution is -2.44. The predicted molar refractivity (Wildman–Crippen MR) is 89.5 cm³/mol.